The summed E-state index contributed by atoms with van der Waals surface area (Å²) in [5.41, 5.74) is 0.701. The summed E-state index contributed by atoms with van der Waals surface area (Å²) in [4.78, 5) is 1.12. The molecule has 1 atom stereocenters. The minimum atomic E-state index is 0.148. The van der Waals surface area contributed by atoms with Gasteiger partial charge in [0.1, 0.15) is 6.07 Å². The van der Waals surface area contributed by atoms with Crippen LogP contribution in [0.25, 0.3) is 0 Å². The van der Waals surface area contributed by atoms with Gasteiger partial charge in [-0.3, -0.25) is 0 Å². The average molecular weight is 240 g/mol. The Balaban J connectivity index is 2.39. The fraction of sp³-hybridized carbons (Fsp3) is 0.545. The Labute approximate surface area is 99.5 Å². The molecule has 2 N–H and O–H groups in total. The molecule has 0 bridgehead atoms. The summed E-state index contributed by atoms with van der Waals surface area (Å²) in [6.45, 7) is 1.44. The van der Waals surface area contributed by atoms with Crippen molar-refractivity contribution in [3.05, 3.63) is 21.9 Å². The van der Waals surface area contributed by atoms with E-state index in [1.807, 2.05) is 11.4 Å². The van der Waals surface area contributed by atoms with E-state index in [1.165, 1.54) is 0 Å². The summed E-state index contributed by atoms with van der Waals surface area (Å²) in [7, 11) is 1.64. The normalized spacial score (nSPS) is 12.3. The minimum Gasteiger partial charge on any atom is -0.396 e. The minimum absolute atomic E-state index is 0.148. The third-order valence-electron chi connectivity index (χ3n) is 2.19. The van der Waals surface area contributed by atoms with E-state index in [-0.39, 0.29) is 12.6 Å². The van der Waals surface area contributed by atoms with Crippen molar-refractivity contribution < 1.29 is 9.84 Å². The van der Waals surface area contributed by atoms with Crippen LogP contribution in [0.15, 0.2) is 11.4 Å². The molecule has 1 unspecified atom stereocenters. The highest BCUT2D eigenvalue weighted by molar-refractivity contribution is 7.10. The molecule has 4 nitrogen and oxygen atoms in total. The van der Waals surface area contributed by atoms with E-state index < -0.39 is 0 Å². The van der Waals surface area contributed by atoms with Gasteiger partial charge in [0.05, 0.1) is 12.2 Å². The van der Waals surface area contributed by atoms with Gasteiger partial charge < -0.3 is 15.2 Å². The Bertz CT molecular complexity index is 340. The van der Waals surface area contributed by atoms with Gasteiger partial charge in [0.15, 0.2) is 0 Å². The first kappa shape index (κ1) is 13.1. The predicted octanol–water partition coefficient (Wildman–Crippen LogP) is 1.11. The monoisotopic (exact) mass is 240 g/mol. The molecule has 88 valence electrons. The first-order valence-electron chi connectivity index (χ1n) is 5.10. The zero-order valence-corrected chi connectivity index (χ0v) is 10.1. The highest BCUT2D eigenvalue weighted by Crippen LogP contribution is 2.13. The van der Waals surface area contributed by atoms with E-state index in [0.29, 0.717) is 25.1 Å². The lowest BCUT2D eigenvalue weighted by molar-refractivity contribution is 0.148. The number of nitrogens with zero attached hydrogens (tertiary/aromatic N) is 1. The second kappa shape index (κ2) is 7.36. The van der Waals surface area contributed by atoms with Crippen LogP contribution in [-0.4, -0.2) is 31.5 Å². The summed E-state index contributed by atoms with van der Waals surface area (Å²) in [6.07, 6.45) is 0.671. The quantitative estimate of drug-likeness (QED) is 0.749. The van der Waals surface area contributed by atoms with Gasteiger partial charge in [-0.25, -0.2) is 0 Å². The first-order chi connectivity index (χ1) is 7.80. The Kier molecular flexibility index (Phi) is 6.04. The van der Waals surface area contributed by atoms with Crippen molar-refractivity contribution in [2.75, 3.05) is 20.3 Å². The summed E-state index contributed by atoms with van der Waals surface area (Å²) in [5, 5.41) is 22.7. The van der Waals surface area contributed by atoms with E-state index in [2.05, 4.69) is 11.4 Å². The standard InChI is InChI=1S/C11H16N2O2S/c1-15-7-10(2-3-14)13-6-11-4-9(5-12)8-16-11/h4,8,10,13-14H,2-3,6-7H2,1H3. The van der Waals surface area contributed by atoms with Crippen LogP contribution in [0, 0.1) is 11.3 Å². The number of thiophene rings is 1. The maximum atomic E-state index is 8.87. The van der Waals surface area contributed by atoms with Gasteiger partial charge in [-0.05, 0) is 12.5 Å². The van der Waals surface area contributed by atoms with Crippen molar-refractivity contribution in [2.45, 2.75) is 19.0 Å². The second-order valence-electron chi connectivity index (χ2n) is 3.46. The molecule has 1 aromatic heterocycles. The van der Waals surface area contributed by atoms with E-state index in [9.17, 15) is 0 Å². The zero-order valence-electron chi connectivity index (χ0n) is 9.27. The van der Waals surface area contributed by atoms with Gasteiger partial charge in [0.2, 0.25) is 0 Å². The van der Waals surface area contributed by atoms with Gasteiger partial charge in [-0.1, -0.05) is 0 Å². The average Bonchev–Trinajstić information content (AvgIpc) is 2.74. The zero-order chi connectivity index (χ0) is 11.8. The third-order valence-corrected chi connectivity index (χ3v) is 3.13. The lowest BCUT2D eigenvalue weighted by Gasteiger charge is -2.15. The molecule has 0 spiro atoms. The molecule has 0 aliphatic rings. The molecule has 0 saturated heterocycles. The van der Waals surface area contributed by atoms with E-state index in [0.717, 1.165) is 4.88 Å². The number of nitriles is 1. The molecule has 0 radical (unpaired) electrons. The molecule has 0 saturated carbocycles. The lowest BCUT2D eigenvalue weighted by atomic mass is 10.2. The first-order valence-corrected chi connectivity index (χ1v) is 5.98. The van der Waals surface area contributed by atoms with Crippen LogP contribution in [0.5, 0.6) is 0 Å². The number of hydrogen-bond acceptors (Lipinski definition) is 5. The van der Waals surface area contributed by atoms with E-state index in [4.69, 9.17) is 15.1 Å². The van der Waals surface area contributed by atoms with Crippen LogP contribution >= 0.6 is 11.3 Å². The molecule has 0 aliphatic heterocycles. The second-order valence-corrected chi connectivity index (χ2v) is 4.45. The number of rotatable bonds is 7. The molecule has 0 aliphatic carbocycles. The predicted molar refractivity (Wildman–Crippen MR) is 63.2 cm³/mol. The van der Waals surface area contributed by atoms with Gasteiger partial charge >= 0.3 is 0 Å². The number of aliphatic hydroxyl groups excluding tert-OH is 1. The highest BCUT2D eigenvalue weighted by atomic mass is 32.1. The number of aliphatic hydroxyl groups is 1. The maximum absolute atomic E-state index is 8.87. The van der Waals surface area contributed by atoms with Crippen LogP contribution in [0.2, 0.25) is 0 Å². The molecular weight excluding hydrogens is 224 g/mol. The summed E-state index contributed by atoms with van der Waals surface area (Å²) < 4.78 is 5.05. The Morgan fingerprint density at radius 3 is 3.06 bits per heavy atom. The topological polar surface area (TPSA) is 65.3 Å². The Morgan fingerprint density at radius 2 is 2.50 bits per heavy atom. The fourth-order valence-corrected chi connectivity index (χ4v) is 2.14. The molecule has 5 heteroatoms. The van der Waals surface area contributed by atoms with Gasteiger partial charge in [-0.15, -0.1) is 11.3 Å². The van der Waals surface area contributed by atoms with Crippen LogP contribution < -0.4 is 5.32 Å². The Morgan fingerprint density at radius 1 is 1.69 bits per heavy atom. The fourth-order valence-electron chi connectivity index (χ4n) is 1.38. The lowest BCUT2D eigenvalue weighted by Crippen LogP contribution is -2.33. The molecule has 16 heavy (non-hydrogen) atoms. The number of hydrogen-bond donors (Lipinski definition) is 2. The van der Waals surface area contributed by atoms with E-state index >= 15 is 0 Å². The number of ether oxygens (including phenoxy) is 1. The van der Waals surface area contributed by atoms with Crippen molar-refractivity contribution in [2.24, 2.45) is 0 Å². The van der Waals surface area contributed by atoms with Crippen LogP contribution in [-0.2, 0) is 11.3 Å². The summed E-state index contributed by atoms with van der Waals surface area (Å²) in [5.74, 6) is 0. The van der Waals surface area contributed by atoms with Gasteiger partial charge in [0, 0.05) is 36.6 Å². The summed E-state index contributed by atoms with van der Waals surface area (Å²) in [6, 6.07) is 4.13. The van der Waals surface area contributed by atoms with Crippen molar-refractivity contribution in [1.29, 1.82) is 5.26 Å². The number of nitrogens with one attached hydrogen (secondary N) is 1. The molecule has 0 amide bonds. The highest BCUT2D eigenvalue weighted by Gasteiger charge is 2.07. The van der Waals surface area contributed by atoms with E-state index in [1.54, 1.807) is 18.4 Å². The molecule has 0 fully saturated rings. The van der Waals surface area contributed by atoms with Crippen molar-refractivity contribution in [3.63, 3.8) is 0 Å². The van der Waals surface area contributed by atoms with Crippen LogP contribution in [0.4, 0.5) is 0 Å². The maximum Gasteiger partial charge on any atom is 0.100 e. The third kappa shape index (κ3) is 4.29. The van der Waals surface area contributed by atoms with Gasteiger partial charge in [0.25, 0.3) is 0 Å². The molecular formula is C11H16N2O2S. The van der Waals surface area contributed by atoms with Gasteiger partial charge in [-0.2, -0.15) is 5.26 Å². The van der Waals surface area contributed by atoms with Crippen molar-refractivity contribution in [3.8, 4) is 6.07 Å². The molecule has 1 aromatic rings. The molecule has 1 rings (SSSR count). The van der Waals surface area contributed by atoms with Crippen molar-refractivity contribution in [1.82, 2.24) is 5.32 Å². The smallest absolute Gasteiger partial charge is 0.100 e. The van der Waals surface area contributed by atoms with Crippen LogP contribution in [0.1, 0.15) is 16.9 Å². The van der Waals surface area contributed by atoms with Crippen molar-refractivity contribution >= 4 is 11.3 Å². The van der Waals surface area contributed by atoms with Crippen LogP contribution in [0.3, 0.4) is 0 Å². The SMILES string of the molecule is COCC(CCO)NCc1cc(C#N)cs1. The molecule has 0 aromatic carbocycles. The number of methoxy groups -OCH3 is 1. The molecule has 1 heterocycles. The Hall–Kier alpha value is -0.930. The summed E-state index contributed by atoms with van der Waals surface area (Å²) >= 11 is 1.56. The largest absolute Gasteiger partial charge is 0.396 e.